The van der Waals surface area contributed by atoms with Crippen LogP contribution in [0.5, 0.6) is 0 Å². The Hall–Kier alpha value is -1.05. The normalized spacial score (nSPS) is 28.5. The van der Waals surface area contributed by atoms with Gasteiger partial charge in [0.25, 0.3) is 5.56 Å². The molecule has 1 saturated heterocycles. The van der Waals surface area contributed by atoms with Crippen molar-refractivity contribution >= 4 is 11.8 Å². The second kappa shape index (κ2) is 5.07. The highest BCUT2D eigenvalue weighted by atomic mass is 32.2. The molecule has 0 bridgehead atoms. The van der Waals surface area contributed by atoms with Crippen molar-refractivity contribution in [1.82, 2.24) is 9.55 Å². The van der Waals surface area contributed by atoms with E-state index in [1.165, 1.54) is 28.6 Å². The number of aromatic nitrogens is 2. The number of H-pyrrole nitrogens is 1. The Morgan fingerprint density at radius 2 is 2.18 bits per heavy atom. The first-order valence-corrected chi connectivity index (χ1v) is 6.37. The molecule has 94 valence electrons. The van der Waals surface area contributed by atoms with E-state index >= 15 is 0 Å². The second-order valence-corrected chi connectivity index (χ2v) is 5.18. The first kappa shape index (κ1) is 12.4. The average Bonchev–Trinajstić information content (AvgIpc) is 2.71. The van der Waals surface area contributed by atoms with E-state index in [-0.39, 0.29) is 30.4 Å². The molecule has 1 aliphatic heterocycles. The summed E-state index contributed by atoms with van der Waals surface area (Å²) in [6, 6.07) is 1.28. The summed E-state index contributed by atoms with van der Waals surface area (Å²) in [5.41, 5.74) is -0.916. The fourth-order valence-electron chi connectivity index (χ4n) is 2.04. The Labute approximate surface area is 101 Å². The maximum Gasteiger partial charge on any atom is 0.329 e. The molecule has 6 nitrogen and oxygen atoms in total. The van der Waals surface area contributed by atoms with Gasteiger partial charge in [0.15, 0.2) is 0 Å². The Kier molecular flexibility index (Phi) is 3.70. The highest BCUT2D eigenvalue weighted by Gasteiger charge is 2.37. The Morgan fingerprint density at radius 3 is 2.76 bits per heavy atom. The molecule has 0 aliphatic carbocycles. The SMILES string of the molecule is O=c1ccn([C@H]2SC[C@@H](CO)[C@@H]2CO)c(=O)[nH]1. The molecule has 2 heterocycles. The fraction of sp³-hybridized carbons (Fsp3) is 0.600. The molecule has 0 aromatic carbocycles. The van der Waals surface area contributed by atoms with E-state index in [0.29, 0.717) is 5.75 Å². The van der Waals surface area contributed by atoms with Gasteiger partial charge in [-0.15, -0.1) is 11.8 Å². The second-order valence-electron chi connectivity index (χ2n) is 4.03. The van der Waals surface area contributed by atoms with Gasteiger partial charge in [0.2, 0.25) is 0 Å². The monoisotopic (exact) mass is 258 g/mol. The third-order valence-corrected chi connectivity index (χ3v) is 4.56. The van der Waals surface area contributed by atoms with E-state index in [0.717, 1.165) is 0 Å². The summed E-state index contributed by atoms with van der Waals surface area (Å²) in [5, 5.41) is 18.3. The van der Waals surface area contributed by atoms with Gasteiger partial charge in [0, 0.05) is 37.1 Å². The van der Waals surface area contributed by atoms with Gasteiger partial charge in [-0.25, -0.2) is 4.79 Å². The molecule has 3 N–H and O–H groups in total. The van der Waals surface area contributed by atoms with Crippen LogP contribution < -0.4 is 11.2 Å². The Balaban J connectivity index is 2.34. The van der Waals surface area contributed by atoms with Gasteiger partial charge in [-0.05, 0) is 5.92 Å². The molecule has 7 heteroatoms. The van der Waals surface area contributed by atoms with Crippen LogP contribution in [0.4, 0.5) is 0 Å². The zero-order chi connectivity index (χ0) is 12.4. The zero-order valence-electron chi connectivity index (χ0n) is 9.07. The number of aliphatic hydroxyl groups excluding tert-OH is 2. The molecule has 3 atom stereocenters. The van der Waals surface area contributed by atoms with Crippen LogP contribution in [-0.4, -0.2) is 38.7 Å². The van der Waals surface area contributed by atoms with Crippen molar-refractivity contribution in [3.63, 3.8) is 0 Å². The fourth-order valence-corrected chi connectivity index (χ4v) is 3.72. The number of aliphatic hydroxyl groups is 2. The molecule has 0 saturated carbocycles. The standard InChI is InChI=1S/C10H14N2O4S/c13-3-6-5-17-9(7(6)4-14)12-2-1-8(15)11-10(12)16/h1-2,6-7,9,13-14H,3-5H2,(H,11,15,16)/t6-,7+,9+/m1/s1. The van der Waals surface area contributed by atoms with E-state index in [4.69, 9.17) is 0 Å². The topological polar surface area (TPSA) is 95.3 Å². The lowest BCUT2D eigenvalue weighted by Crippen LogP contribution is -2.34. The summed E-state index contributed by atoms with van der Waals surface area (Å²) in [6.07, 6.45) is 1.43. The zero-order valence-corrected chi connectivity index (χ0v) is 9.89. The quantitative estimate of drug-likeness (QED) is 0.646. The van der Waals surface area contributed by atoms with Gasteiger partial charge in [-0.3, -0.25) is 14.3 Å². The van der Waals surface area contributed by atoms with E-state index < -0.39 is 11.2 Å². The highest BCUT2D eigenvalue weighted by molar-refractivity contribution is 7.99. The minimum Gasteiger partial charge on any atom is -0.396 e. The van der Waals surface area contributed by atoms with Crippen LogP contribution in [0.25, 0.3) is 0 Å². The number of nitrogens with zero attached hydrogens (tertiary/aromatic N) is 1. The number of thioether (sulfide) groups is 1. The molecule has 0 amide bonds. The van der Waals surface area contributed by atoms with Crippen LogP contribution in [0.15, 0.2) is 21.9 Å². The minimum atomic E-state index is -0.480. The maximum atomic E-state index is 11.6. The lowest BCUT2D eigenvalue weighted by atomic mass is 9.95. The number of rotatable bonds is 3. The van der Waals surface area contributed by atoms with Crippen molar-refractivity contribution in [3.05, 3.63) is 33.1 Å². The van der Waals surface area contributed by atoms with E-state index in [2.05, 4.69) is 4.98 Å². The van der Waals surface area contributed by atoms with E-state index in [1.54, 1.807) is 0 Å². The van der Waals surface area contributed by atoms with Crippen LogP contribution >= 0.6 is 11.8 Å². The third-order valence-electron chi connectivity index (χ3n) is 3.02. The van der Waals surface area contributed by atoms with Crippen molar-refractivity contribution in [1.29, 1.82) is 0 Å². The summed E-state index contributed by atoms with van der Waals surface area (Å²) in [5.74, 6) is 0.500. The molecule has 0 radical (unpaired) electrons. The summed E-state index contributed by atoms with van der Waals surface area (Å²) < 4.78 is 1.41. The van der Waals surface area contributed by atoms with Crippen LogP contribution in [0.1, 0.15) is 5.37 Å². The number of hydrogen-bond acceptors (Lipinski definition) is 5. The molecule has 1 aromatic rings. The average molecular weight is 258 g/mol. The van der Waals surface area contributed by atoms with Crippen LogP contribution in [-0.2, 0) is 0 Å². The van der Waals surface area contributed by atoms with Crippen molar-refractivity contribution in [2.24, 2.45) is 11.8 Å². The summed E-state index contributed by atoms with van der Waals surface area (Å²) >= 11 is 1.50. The molecule has 1 aromatic heterocycles. The third kappa shape index (κ3) is 2.31. The lowest BCUT2D eigenvalue weighted by molar-refractivity contribution is 0.126. The van der Waals surface area contributed by atoms with Gasteiger partial charge in [0.05, 0.1) is 5.37 Å². The largest absolute Gasteiger partial charge is 0.396 e. The molecule has 1 fully saturated rings. The molecular weight excluding hydrogens is 244 g/mol. The molecule has 0 unspecified atom stereocenters. The predicted octanol–water partition coefficient (Wildman–Crippen LogP) is -1.00. The molecule has 1 aliphatic rings. The summed E-state index contributed by atoms with van der Waals surface area (Å²) in [4.78, 5) is 24.8. The lowest BCUT2D eigenvalue weighted by Gasteiger charge is -2.21. The first-order valence-electron chi connectivity index (χ1n) is 5.32. The van der Waals surface area contributed by atoms with Gasteiger partial charge >= 0.3 is 5.69 Å². The van der Waals surface area contributed by atoms with Gasteiger partial charge in [0.1, 0.15) is 0 Å². The smallest absolute Gasteiger partial charge is 0.329 e. The maximum absolute atomic E-state index is 11.6. The summed E-state index contributed by atoms with van der Waals surface area (Å²) in [7, 11) is 0. The summed E-state index contributed by atoms with van der Waals surface area (Å²) in [6.45, 7) is -0.0959. The highest BCUT2D eigenvalue weighted by Crippen LogP contribution is 2.43. The van der Waals surface area contributed by atoms with Crippen molar-refractivity contribution < 1.29 is 10.2 Å². The molecule has 17 heavy (non-hydrogen) atoms. The van der Waals surface area contributed by atoms with Crippen LogP contribution in [0, 0.1) is 11.8 Å². The van der Waals surface area contributed by atoms with Crippen molar-refractivity contribution in [3.8, 4) is 0 Å². The molecule has 0 spiro atoms. The van der Waals surface area contributed by atoms with E-state index in [9.17, 15) is 19.8 Å². The van der Waals surface area contributed by atoms with Crippen LogP contribution in [0.2, 0.25) is 0 Å². The van der Waals surface area contributed by atoms with Gasteiger partial charge in [-0.1, -0.05) is 0 Å². The van der Waals surface area contributed by atoms with E-state index in [1.807, 2.05) is 0 Å². The number of aromatic amines is 1. The molecular formula is C10H14N2O4S. The first-order chi connectivity index (χ1) is 8.17. The number of hydrogen-bond donors (Lipinski definition) is 3. The van der Waals surface area contributed by atoms with Crippen LogP contribution in [0.3, 0.4) is 0 Å². The molecule has 2 rings (SSSR count). The van der Waals surface area contributed by atoms with Gasteiger partial charge in [-0.2, -0.15) is 0 Å². The predicted molar refractivity (Wildman–Crippen MR) is 64.0 cm³/mol. The van der Waals surface area contributed by atoms with Gasteiger partial charge < -0.3 is 10.2 Å². The van der Waals surface area contributed by atoms with Crippen molar-refractivity contribution in [2.75, 3.05) is 19.0 Å². The Morgan fingerprint density at radius 1 is 1.41 bits per heavy atom. The Bertz CT molecular complexity index is 498. The number of nitrogens with one attached hydrogen (secondary N) is 1. The van der Waals surface area contributed by atoms with Crippen molar-refractivity contribution in [2.45, 2.75) is 5.37 Å². The minimum absolute atomic E-state index is 0.00711.